The number of hydrogen-bond acceptors (Lipinski definition) is 2. The van der Waals surface area contributed by atoms with Gasteiger partial charge in [0.2, 0.25) is 0 Å². The lowest BCUT2D eigenvalue weighted by Crippen LogP contribution is -2.03. The van der Waals surface area contributed by atoms with E-state index in [4.69, 9.17) is 5.14 Å². The first-order valence-corrected chi connectivity index (χ1v) is 4.23. The van der Waals surface area contributed by atoms with Gasteiger partial charge in [0.05, 0.1) is 4.90 Å². The Kier molecular flexibility index (Phi) is 2.83. The Hall–Kier alpha value is -0.880. The zero-order valence-electron chi connectivity index (χ0n) is 5.91. The Morgan fingerprint density at radius 2 is 2.17 bits per heavy atom. The summed E-state index contributed by atoms with van der Waals surface area (Å²) >= 11 is 0. The monoisotopic (exact) mass is 192 g/mol. The standard InChI is InChI=1S/C6H6F2N2OS/c7-6(8)5-2-1-4(3-10-5)12(9)11/h1-3,6H,9H2. The first kappa shape index (κ1) is 9.21. The highest BCUT2D eigenvalue weighted by atomic mass is 32.2. The second-order valence-corrected chi connectivity index (χ2v) is 3.08. The van der Waals surface area contributed by atoms with Crippen molar-refractivity contribution in [3.05, 3.63) is 24.0 Å². The minimum Gasteiger partial charge on any atom is -0.254 e. The maximum atomic E-state index is 11.9. The van der Waals surface area contributed by atoms with E-state index < -0.39 is 17.4 Å². The Labute approximate surface area is 70.2 Å². The number of nitrogens with two attached hydrogens (primary N) is 1. The molecule has 0 aromatic carbocycles. The molecule has 0 saturated heterocycles. The molecule has 3 nitrogen and oxygen atoms in total. The predicted molar refractivity (Wildman–Crippen MR) is 39.8 cm³/mol. The summed E-state index contributed by atoms with van der Waals surface area (Å²) in [6.07, 6.45) is -1.53. The van der Waals surface area contributed by atoms with E-state index in [1.807, 2.05) is 0 Å². The van der Waals surface area contributed by atoms with Crippen molar-refractivity contribution in [2.24, 2.45) is 5.14 Å². The Balaban J connectivity index is 2.93. The normalized spacial score (nSPS) is 13.3. The second kappa shape index (κ2) is 3.68. The van der Waals surface area contributed by atoms with Crippen molar-refractivity contribution in [2.45, 2.75) is 11.3 Å². The van der Waals surface area contributed by atoms with E-state index >= 15 is 0 Å². The van der Waals surface area contributed by atoms with Crippen molar-refractivity contribution in [3.8, 4) is 0 Å². The van der Waals surface area contributed by atoms with E-state index in [2.05, 4.69) is 4.98 Å². The average Bonchev–Trinajstić information content (AvgIpc) is 2.04. The molecular formula is C6H6F2N2OS. The average molecular weight is 192 g/mol. The summed E-state index contributed by atoms with van der Waals surface area (Å²) in [7, 11) is -1.66. The molecule has 0 fully saturated rings. The summed E-state index contributed by atoms with van der Waals surface area (Å²) in [6, 6.07) is 2.37. The van der Waals surface area contributed by atoms with E-state index in [1.165, 1.54) is 6.07 Å². The van der Waals surface area contributed by atoms with Crippen molar-refractivity contribution < 1.29 is 13.0 Å². The molecule has 1 heterocycles. The molecule has 2 N–H and O–H groups in total. The van der Waals surface area contributed by atoms with Crippen LogP contribution in [-0.2, 0) is 11.0 Å². The van der Waals surface area contributed by atoms with Gasteiger partial charge in [0.15, 0.2) is 0 Å². The van der Waals surface area contributed by atoms with Crippen molar-refractivity contribution in [1.29, 1.82) is 0 Å². The third-order valence-electron chi connectivity index (χ3n) is 1.22. The maximum Gasteiger partial charge on any atom is 0.280 e. The fraction of sp³-hybridized carbons (Fsp3) is 0.167. The van der Waals surface area contributed by atoms with Crippen LogP contribution in [0.3, 0.4) is 0 Å². The molecule has 1 atom stereocenters. The molecule has 0 aliphatic carbocycles. The number of nitrogens with zero attached hydrogens (tertiary/aromatic N) is 1. The van der Waals surface area contributed by atoms with Crippen LogP contribution in [0.4, 0.5) is 8.78 Å². The van der Waals surface area contributed by atoms with Gasteiger partial charge in [-0.25, -0.2) is 18.1 Å². The van der Waals surface area contributed by atoms with Crippen molar-refractivity contribution in [1.82, 2.24) is 4.98 Å². The van der Waals surface area contributed by atoms with E-state index in [0.717, 1.165) is 12.3 Å². The molecule has 12 heavy (non-hydrogen) atoms. The Bertz CT molecular complexity index is 288. The van der Waals surface area contributed by atoms with Crippen LogP contribution < -0.4 is 5.14 Å². The van der Waals surface area contributed by atoms with Crippen molar-refractivity contribution in [3.63, 3.8) is 0 Å². The Morgan fingerprint density at radius 1 is 1.50 bits per heavy atom. The van der Waals surface area contributed by atoms with E-state index in [-0.39, 0.29) is 10.6 Å². The first-order chi connectivity index (χ1) is 5.61. The van der Waals surface area contributed by atoms with Gasteiger partial charge in [-0.05, 0) is 12.1 Å². The number of aromatic nitrogens is 1. The lowest BCUT2D eigenvalue weighted by molar-refractivity contribution is 0.146. The molecule has 66 valence electrons. The fourth-order valence-electron chi connectivity index (χ4n) is 0.640. The van der Waals surface area contributed by atoms with Crippen LogP contribution in [0.2, 0.25) is 0 Å². The highest BCUT2D eigenvalue weighted by Crippen LogP contribution is 2.16. The molecule has 0 spiro atoms. The highest BCUT2D eigenvalue weighted by molar-refractivity contribution is 7.82. The van der Waals surface area contributed by atoms with Gasteiger partial charge < -0.3 is 0 Å². The van der Waals surface area contributed by atoms with Gasteiger partial charge in [-0.3, -0.25) is 4.98 Å². The van der Waals surface area contributed by atoms with Gasteiger partial charge in [0.25, 0.3) is 6.43 Å². The van der Waals surface area contributed by atoms with Crippen LogP contribution in [0, 0.1) is 0 Å². The summed E-state index contributed by atoms with van der Waals surface area (Å²) in [5, 5.41) is 4.98. The van der Waals surface area contributed by atoms with Crippen molar-refractivity contribution >= 4 is 11.0 Å². The number of alkyl halides is 2. The van der Waals surface area contributed by atoms with Crippen LogP contribution in [0.25, 0.3) is 0 Å². The van der Waals surface area contributed by atoms with Crippen molar-refractivity contribution in [2.75, 3.05) is 0 Å². The van der Waals surface area contributed by atoms with Crippen LogP contribution in [0.15, 0.2) is 23.2 Å². The molecule has 6 heteroatoms. The molecule has 0 aliphatic heterocycles. The molecule has 0 aliphatic rings. The largest absolute Gasteiger partial charge is 0.280 e. The quantitative estimate of drug-likeness (QED) is 0.759. The molecule has 0 saturated carbocycles. The number of rotatable bonds is 2. The second-order valence-electron chi connectivity index (χ2n) is 2.02. The fourth-order valence-corrected chi connectivity index (χ4v) is 0.999. The third-order valence-corrected chi connectivity index (χ3v) is 1.92. The maximum absolute atomic E-state index is 11.9. The van der Waals surface area contributed by atoms with Crippen LogP contribution in [-0.4, -0.2) is 9.19 Å². The summed E-state index contributed by atoms with van der Waals surface area (Å²) in [4.78, 5) is 3.61. The van der Waals surface area contributed by atoms with Crippen LogP contribution >= 0.6 is 0 Å². The van der Waals surface area contributed by atoms with Gasteiger partial charge in [0.1, 0.15) is 16.7 Å². The van der Waals surface area contributed by atoms with Crippen LogP contribution in [0.1, 0.15) is 12.1 Å². The third kappa shape index (κ3) is 2.05. The predicted octanol–water partition coefficient (Wildman–Crippen LogP) is 1.00. The molecular weight excluding hydrogens is 186 g/mol. The van der Waals surface area contributed by atoms with Gasteiger partial charge in [-0.15, -0.1) is 0 Å². The van der Waals surface area contributed by atoms with E-state index in [0.29, 0.717) is 0 Å². The summed E-state index contributed by atoms with van der Waals surface area (Å²) in [5.74, 6) is 0. The molecule has 1 aromatic heterocycles. The molecule has 1 unspecified atom stereocenters. The molecule has 1 rings (SSSR count). The lowest BCUT2D eigenvalue weighted by atomic mass is 10.4. The van der Waals surface area contributed by atoms with Gasteiger partial charge in [-0.1, -0.05) is 0 Å². The smallest absolute Gasteiger partial charge is 0.254 e. The van der Waals surface area contributed by atoms with Gasteiger partial charge in [0, 0.05) is 6.20 Å². The number of pyridine rings is 1. The molecule has 0 radical (unpaired) electrons. The number of hydrogen-bond donors (Lipinski definition) is 1. The van der Waals surface area contributed by atoms with E-state index in [9.17, 15) is 13.0 Å². The minimum absolute atomic E-state index is 0.236. The zero-order valence-corrected chi connectivity index (χ0v) is 6.72. The van der Waals surface area contributed by atoms with Crippen LogP contribution in [0.5, 0.6) is 0 Å². The molecule has 1 aromatic rings. The van der Waals surface area contributed by atoms with Gasteiger partial charge >= 0.3 is 0 Å². The zero-order chi connectivity index (χ0) is 9.14. The number of halogens is 2. The minimum atomic E-state index is -2.61. The summed E-state index contributed by atoms with van der Waals surface area (Å²) in [6.45, 7) is 0. The Morgan fingerprint density at radius 3 is 2.50 bits per heavy atom. The SMILES string of the molecule is NS(=O)c1ccc(C(F)F)nc1. The highest BCUT2D eigenvalue weighted by Gasteiger charge is 2.08. The summed E-state index contributed by atoms with van der Waals surface area (Å²) in [5.41, 5.74) is -0.343. The van der Waals surface area contributed by atoms with Gasteiger partial charge in [-0.2, -0.15) is 0 Å². The molecule has 0 amide bonds. The topological polar surface area (TPSA) is 56.0 Å². The lowest BCUT2D eigenvalue weighted by Gasteiger charge is -1.98. The van der Waals surface area contributed by atoms with E-state index in [1.54, 1.807) is 0 Å². The summed E-state index contributed by atoms with van der Waals surface area (Å²) < 4.78 is 34.4. The first-order valence-electron chi connectivity index (χ1n) is 3.01. The molecule has 0 bridgehead atoms.